The molecule has 0 saturated carbocycles. The van der Waals surface area contributed by atoms with E-state index < -0.39 is 17.7 Å². The minimum Gasteiger partial charge on any atom is -0.488 e. The van der Waals surface area contributed by atoms with Crippen LogP contribution in [0, 0.1) is 11.6 Å². The van der Waals surface area contributed by atoms with E-state index in [-0.39, 0.29) is 18.3 Å². The smallest absolute Gasteiger partial charge is 0.269 e. The number of halogens is 2. The first-order chi connectivity index (χ1) is 12.5. The molecule has 2 N–H and O–H groups in total. The largest absolute Gasteiger partial charge is 0.488 e. The Bertz CT molecular complexity index is 897. The van der Waals surface area contributed by atoms with E-state index in [2.05, 4.69) is 15.5 Å². The second-order valence-electron chi connectivity index (χ2n) is 5.79. The molecule has 0 aliphatic carbocycles. The standard InChI is InChI=1S/C19H17F2N3O2/c1-12(11-26-18-8-7-14(20)9-15(18)21)22-19(25)17-10-16(23-24-17)13-5-3-2-4-6-13/h2-10,12H,11H2,1H3,(H,22,25)(H,23,24). The van der Waals surface area contributed by atoms with Gasteiger partial charge in [0, 0.05) is 11.6 Å². The lowest BCUT2D eigenvalue weighted by molar-refractivity contribution is 0.0921. The third-order valence-electron chi connectivity index (χ3n) is 3.65. The Morgan fingerprint density at radius 2 is 1.96 bits per heavy atom. The zero-order valence-corrected chi connectivity index (χ0v) is 14.0. The van der Waals surface area contributed by atoms with Crippen LogP contribution in [0.3, 0.4) is 0 Å². The number of nitrogens with one attached hydrogen (secondary N) is 2. The topological polar surface area (TPSA) is 67.0 Å². The molecule has 0 spiro atoms. The van der Waals surface area contributed by atoms with Gasteiger partial charge in [-0.3, -0.25) is 9.89 Å². The third-order valence-corrected chi connectivity index (χ3v) is 3.65. The lowest BCUT2D eigenvalue weighted by Gasteiger charge is -2.14. The number of hydrogen-bond donors (Lipinski definition) is 2. The van der Waals surface area contributed by atoms with Crippen molar-refractivity contribution < 1.29 is 18.3 Å². The van der Waals surface area contributed by atoms with E-state index >= 15 is 0 Å². The van der Waals surface area contributed by atoms with E-state index in [9.17, 15) is 13.6 Å². The number of aromatic amines is 1. The zero-order chi connectivity index (χ0) is 18.5. The van der Waals surface area contributed by atoms with Crippen molar-refractivity contribution in [1.82, 2.24) is 15.5 Å². The van der Waals surface area contributed by atoms with Gasteiger partial charge in [-0.05, 0) is 25.1 Å². The Morgan fingerprint density at radius 1 is 1.19 bits per heavy atom. The van der Waals surface area contributed by atoms with Crippen molar-refractivity contribution in [2.75, 3.05) is 6.61 Å². The molecular weight excluding hydrogens is 340 g/mol. The van der Waals surface area contributed by atoms with Crippen LogP contribution >= 0.6 is 0 Å². The van der Waals surface area contributed by atoms with Gasteiger partial charge in [0.1, 0.15) is 18.1 Å². The summed E-state index contributed by atoms with van der Waals surface area (Å²) in [5, 5.41) is 9.55. The number of H-pyrrole nitrogens is 1. The number of ether oxygens (including phenoxy) is 1. The zero-order valence-electron chi connectivity index (χ0n) is 14.0. The summed E-state index contributed by atoms with van der Waals surface area (Å²) in [4.78, 5) is 12.3. The molecule has 3 rings (SSSR count). The fraction of sp³-hybridized carbons (Fsp3) is 0.158. The Hall–Kier alpha value is -3.22. The van der Waals surface area contributed by atoms with E-state index in [1.165, 1.54) is 6.07 Å². The SMILES string of the molecule is CC(COc1ccc(F)cc1F)NC(=O)c1cc(-c2ccccc2)n[nH]1. The maximum atomic E-state index is 13.5. The van der Waals surface area contributed by atoms with Crippen molar-refractivity contribution in [1.29, 1.82) is 0 Å². The average molecular weight is 357 g/mol. The van der Waals surface area contributed by atoms with Gasteiger partial charge in [0.15, 0.2) is 11.6 Å². The van der Waals surface area contributed by atoms with Crippen molar-refractivity contribution in [3.8, 4) is 17.0 Å². The molecule has 0 radical (unpaired) electrons. The highest BCUT2D eigenvalue weighted by Gasteiger charge is 2.14. The summed E-state index contributed by atoms with van der Waals surface area (Å²) in [5.74, 6) is -1.88. The van der Waals surface area contributed by atoms with Gasteiger partial charge in [-0.15, -0.1) is 0 Å². The molecule has 7 heteroatoms. The van der Waals surface area contributed by atoms with Crippen molar-refractivity contribution >= 4 is 5.91 Å². The molecule has 5 nitrogen and oxygen atoms in total. The molecular formula is C19H17F2N3O2. The van der Waals surface area contributed by atoms with Gasteiger partial charge in [-0.1, -0.05) is 30.3 Å². The maximum absolute atomic E-state index is 13.5. The fourth-order valence-corrected chi connectivity index (χ4v) is 2.35. The summed E-state index contributed by atoms with van der Waals surface area (Å²) in [7, 11) is 0. The molecule has 0 fully saturated rings. The predicted molar refractivity (Wildman–Crippen MR) is 92.8 cm³/mol. The quantitative estimate of drug-likeness (QED) is 0.709. The molecule has 0 aliphatic heterocycles. The van der Waals surface area contributed by atoms with E-state index in [1.807, 2.05) is 30.3 Å². The van der Waals surface area contributed by atoms with Crippen LogP contribution in [0.15, 0.2) is 54.6 Å². The van der Waals surface area contributed by atoms with Gasteiger partial charge >= 0.3 is 0 Å². The Kier molecular flexibility index (Phi) is 5.26. The van der Waals surface area contributed by atoms with Crippen molar-refractivity contribution in [2.45, 2.75) is 13.0 Å². The first kappa shape index (κ1) is 17.6. The lowest BCUT2D eigenvalue weighted by Crippen LogP contribution is -2.37. The number of nitrogens with zero attached hydrogens (tertiary/aromatic N) is 1. The molecule has 0 bridgehead atoms. The molecule has 3 aromatic rings. The third kappa shape index (κ3) is 4.24. The Morgan fingerprint density at radius 3 is 2.69 bits per heavy atom. The second kappa shape index (κ2) is 7.77. The maximum Gasteiger partial charge on any atom is 0.269 e. The summed E-state index contributed by atoms with van der Waals surface area (Å²) in [5.41, 5.74) is 1.86. The van der Waals surface area contributed by atoms with Crippen LogP contribution in [0.1, 0.15) is 17.4 Å². The van der Waals surface area contributed by atoms with Crippen LogP contribution in [0.2, 0.25) is 0 Å². The van der Waals surface area contributed by atoms with Crippen LogP contribution in [0.5, 0.6) is 5.75 Å². The molecule has 0 saturated heterocycles. The van der Waals surface area contributed by atoms with Gasteiger partial charge in [-0.2, -0.15) is 5.10 Å². The van der Waals surface area contributed by atoms with E-state index in [1.54, 1.807) is 13.0 Å². The normalized spacial score (nSPS) is 11.8. The summed E-state index contributed by atoms with van der Waals surface area (Å²) < 4.78 is 31.7. The van der Waals surface area contributed by atoms with Gasteiger partial charge in [0.05, 0.1) is 11.7 Å². The van der Waals surface area contributed by atoms with Crippen molar-refractivity contribution in [3.63, 3.8) is 0 Å². The summed E-state index contributed by atoms with van der Waals surface area (Å²) in [6.45, 7) is 1.75. The predicted octanol–water partition coefficient (Wildman–Crippen LogP) is 3.55. The van der Waals surface area contributed by atoms with Gasteiger partial charge < -0.3 is 10.1 Å². The number of rotatable bonds is 6. The van der Waals surface area contributed by atoms with Gasteiger partial charge in [0.25, 0.3) is 5.91 Å². The van der Waals surface area contributed by atoms with E-state index in [0.29, 0.717) is 11.4 Å². The van der Waals surface area contributed by atoms with Crippen molar-refractivity contribution in [3.05, 3.63) is 71.9 Å². The minimum absolute atomic E-state index is 0.0357. The number of benzene rings is 2. The van der Waals surface area contributed by atoms with E-state index in [0.717, 1.165) is 17.7 Å². The molecule has 2 aromatic carbocycles. The summed E-state index contributed by atoms with van der Waals surface area (Å²) in [6, 6.07) is 13.8. The van der Waals surface area contributed by atoms with Crippen molar-refractivity contribution in [2.24, 2.45) is 0 Å². The number of carbonyl (C=O) groups is 1. The molecule has 134 valence electrons. The van der Waals surface area contributed by atoms with Crippen LogP contribution in [0.4, 0.5) is 8.78 Å². The minimum atomic E-state index is -0.787. The van der Waals surface area contributed by atoms with Crippen LogP contribution in [-0.2, 0) is 0 Å². The molecule has 1 heterocycles. The molecule has 1 aromatic heterocycles. The molecule has 26 heavy (non-hydrogen) atoms. The highest BCUT2D eigenvalue weighted by Crippen LogP contribution is 2.18. The number of amides is 1. The Balaban J connectivity index is 1.57. The molecule has 1 atom stereocenters. The van der Waals surface area contributed by atoms with Gasteiger partial charge in [-0.25, -0.2) is 8.78 Å². The molecule has 0 aliphatic rings. The number of hydrogen-bond acceptors (Lipinski definition) is 3. The molecule has 1 amide bonds. The number of carbonyl (C=O) groups excluding carboxylic acids is 1. The first-order valence-electron chi connectivity index (χ1n) is 8.02. The molecule has 1 unspecified atom stereocenters. The monoisotopic (exact) mass is 357 g/mol. The van der Waals surface area contributed by atoms with E-state index in [4.69, 9.17) is 4.74 Å². The highest BCUT2D eigenvalue weighted by molar-refractivity contribution is 5.93. The fourth-order valence-electron chi connectivity index (χ4n) is 2.35. The van der Waals surface area contributed by atoms with Crippen LogP contribution in [-0.4, -0.2) is 28.8 Å². The van der Waals surface area contributed by atoms with Crippen LogP contribution in [0.25, 0.3) is 11.3 Å². The second-order valence-corrected chi connectivity index (χ2v) is 5.79. The highest BCUT2D eigenvalue weighted by atomic mass is 19.1. The number of aromatic nitrogens is 2. The average Bonchev–Trinajstić information content (AvgIpc) is 3.12. The first-order valence-corrected chi connectivity index (χ1v) is 8.02. The summed E-state index contributed by atoms with van der Waals surface area (Å²) in [6.07, 6.45) is 0. The van der Waals surface area contributed by atoms with Crippen LogP contribution < -0.4 is 10.1 Å². The van der Waals surface area contributed by atoms with Gasteiger partial charge in [0.2, 0.25) is 0 Å². The Labute approximate surface area is 149 Å². The summed E-state index contributed by atoms with van der Waals surface area (Å²) >= 11 is 0. The lowest BCUT2D eigenvalue weighted by atomic mass is 10.1.